The van der Waals surface area contributed by atoms with E-state index in [9.17, 15) is 15.0 Å². The van der Waals surface area contributed by atoms with E-state index < -0.39 is 12.1 Å². The van der Waals surface area contributed by atoms with Crippen molar-refractivity contribution in [2.75, 3.05) is 6.61 Å². The Morgan fingerprint density at radius 1 is 0.561 bits per heavy atom. The first kappa shape index (κ1) is 40.1. The zero-order valence-electron chi connectivity index (χ0n) is 27.8. The van der Waals surface area contributed by atoms with Crippen molar-refractivity contribution in [3.63, 3.8) is 0 Å². The molecule has 0 aromatic rings. The molecule has 0 rings (SSSR count). The largest absolute Gasteiger partial charge is 0.394 e. The highest BCUT2D eigenvalue weighted by molar-refractivity contribution is 5.76. The number of nitrogens with one attached hydrogen (secondary N) is 1. The number of aliphatic hydroxyl groups excluding tert-OH is 2. The lowest BCUT2D eigenvalue weighted by molar-refractivity contribution is -0.123. The van der Waals surface area contributed by atoms with Gasteiger partial charge in [-0.25, -0.2) is 0 Å². The molecule has 0 aromatic heterocycles. The Bertz CT molecular complexity index is 550. The van der Waals surface area contributed by atoms with Crippen LogP contribution in [0.4, 0.5) is 0 Å². The van der Waals surface area contributed by atoms with E-state index in [1.807, 2.05) is 6.08 Å². The Hall–Kier alpha value is -0.870. The first-order valence-electron chi connectivity index (χ1n) is 18.4. The van der Waals surface area contributed by atoms with Crippen LogP contribution in [0.3, 0.4) is 0 Å². The maximum atomic E-state index is 12.3. The van der Waals surface area contributed by atoms with Gasteiger partial charge in [-0.1, -0.05) is 187 Å². The molecule has 0 heterocycles. The smallest absolute Gasteiger partial charge is 0.220 e. The summed E-state index contributed by atoms with van der Waals surface area (Å²) in [7, 11) is 0. The molecule has 0 aromatic carbocycles. The van der Waals surface area contributed by atoms with Gasteiger partial charge in [-0.05, 0) is 19.3 Å². The van der Waals surface area contributed by atoms with Gasteiger partial charge in [-0.15, -0.1) is 0 Å². The van der Waals surface area contributed by atoms with E-state index >= 15 is 0 Å². The van der Waals surface area contributed by atoms with E-state index in [0.717, 1.165) is 25.7 Å². The molecule has 2 unspecified atom stereocenters. The minimum Gasteiger partial charge on any atom is -0.394 e. The third-order valence-corrected chi connectivity index (χ3v) is 8.52. The lowest BCUT2D eigenvalue weighted by Crippen LogP contribution is -2.45. The van der Waals surface area contributed by atoms with Crippen LogP contribution in [-0.4, -0.2) is 34.9 Å². The maximum Gasteiger partial charge on any atom is 0.220 e. The lowest BCUT2D eigenvalue weighted by atomic mass is 10.0. The van der Waals surface area contributed by atoms with Crippen molar-refractivity contribution in [1.82, 2.24) is 5.32 Å². The van der Waals surface area contributed by atoms with Crippen molar-refractivity contribution in [2.45, 2.75) is 212 Å². The summed E-state index contributed by atoms with van der Waals surface area (Å²) in [6.07, 6.45) is 40.0. The molecule has 0 saturated carbocycles. The minimum absolute atomic E-state index is 0.0628. The third kappa shape index (κ3) is 30.4. The van der Waals surface area contributed by atoms with Crippen LogP contribution in [-0.2, 0) is 4.79 Å². The molecule has 0 fully saturated rings. The Morgan fingerprint density at radius 2 is 0.902 bits per heavy atom. The van der Waals surface area contributed by atoms with Gasteiger partial charge in [0.05, 0.1) is 18.8 Å². The molecule has 0 aliphatic heterocycles. The average Bonchev–Trinajstić information content (AvgIpc) is 2.97. The number of rotatable bonds is 33. The second-order valence-corrected chi connectivity index (χ2v) is 12.7. The van der Waals surface area contributed by atoms with Crippen molar-refractivity contribution < 1.29 is 15.0 Å². The summed E-state index contributed by atoms with van der Waals surface area (Å²) in [5.41, 5.74) is 0. The molecule has 0 bridgehead atoms. The van der Waals surface area contributed by atoms with Gasteiger partial charge in [0.25, 0.3) is 0 Å². The lowest BCUT2D eigenvalue weighted by Gasteiger charge is -2.20. The predicted molar refractivity (Wildman–Crippen MR) is 179 cm³/mol. The molecule has 0 saturated heterocycles. The van der Waals surface area contributed by atoms with Gasteiger partial charge in [0.15, 0.2) is 0 Å². The molecule has 2 atom stereocenters. The fourth-order valence-corrected chi connectivity index (χ4v) is 5.65. The number of hydrogen-bond acceptors (Lipinski definition) is 3. The van der Waals surface area contributed by atoms with Gasteiger partial charge in [0, 0.05) is 6.42 Å². The molecule has 4 heteroatoms. The molecular formula is C37H73NO3. The molecule has 3 N–H and O–H groups in total. The summed E-state index contributed by atoms with van der Waals surface area (Å²) in [4.78, 5) is 12.3. The normalized spacial score (nSPS) is 13.2. The summed E-state index contributed by atoms with van der Waals surface area (Å²) >= 11 is 0. The summed E-state index contributed by atoms with van der Waals surface area (Å²) in [6.45, 7) is 4.30. The van der Waals surface area contributed by atoms with Crippen LogP contribution in [0.15, 0.2) is 12.2 Å². The fraction of sp³-hybridized carbons (Fsp3) is 0.919. The van der Waals surface area contributed by atoms with Crippen LogP contribution in [0.1, 0.15) is 200 Å². The van der Waals surface area contributed by atoms with E-state index in [2.05, 4.69) is 19.2 Å². The van der Waals surface area contributed by atoms with Crippen LogP contribution in [0.5, 0.6) is 0 Å². The number of amides is 1. The Labute approximate surface area is 256 Å². The van der Waals surface area contributed by atoms with E-state index in [0.29, 0.717) is 6.42 Å². The molecule has 0 aliphatic rings. The summed E-state index contributed by atoms with van der Waals surface area (Å²) in [5, 5.41) is 22.9. The summed E-state index contributed by atoms with van der Waals surface area (Å²) in [5.74, 6) is -0.0628. The molecule has 0 aliphatic carbocycles. The van der Waals surface area contributed by atoms with E-state index in [1.165, 1.54) is 154 Å². The highest BCUT2D eigenvalue weighted by Crippen LogP contribution is 2.15. The van der Waals surface area contributed by atoms with Crippen LogP contribution in [0, 0.1) is 0 Å². The van der Waals surface area contributed by atoms with E-state index in [4.69, 9.17) is 0 Å². The van der Waals surface area contributed by atoms with E-state index in [-0.39, 0.29) is 12.5 Å². The molecule has 41 heavy (non-hydrogen) atoms. The standard InChI is InChI=1S/C37H73NO3/c1-3-5-7-9-11-13-15-17-19-21-23-25-27-29-31-33-37(41)38-35(34-39)36(40)32-30-28-26-24-22-20-18-16-14-12-10-8-6-4-2/h30,32,35-36,39-40H,3-29,31,33-34H2,1-2H3,(H,38,41). The second-order valence-electron chi connectivity index (χ2n) is 12.7. The molecule has 0 radical (unpaired) electrons. The van der Waals surface area contributed by atoms with Crippen LogP contribution in [0.25, 0.3) is 0 Å². The zero-order chi connectivity index (χ0) is 30.1. The highest BCUT2D eigenvalue weighted by Gasteiger charge is 2.17. The Morgan fingerprint density at radius 3 is 1.27 bits per heavy atom. The summed E-state index contributed by atoms with van der Waals surface area (Å²) < 4.78 is 0. The fourth-order valence-electron chi connectivity index (χ4n) is 5.65. The third-order valence-electron chi connectivity index (χ3n) is 8.52. The van der Waals surface area contributed by atoms with Crippen molar-refractivity contribution in [2.24, 2.45) is 0 Å². The predicted octanol–water partition coefficient (Wildman–Crippen LogP) is 10.7. The van der Waals surface area contributed by atoms with Crippen molar-refractivity contribution in [3.05, 3.63) is 12.2 Å². The van der Waals surface area contributed by atoms with Gasteiger partial charge in [-0.3, -0.25) is 4.79 Å². The van der Waals surface area contributed by atoms with Gasteiger partial charge < -0.3 is 15.5 Å². The molecule has 4 nitrogen and oxygen atoms in total. The summed E-state index contributed by atoms with van der Waals surface area (Å²) in [6, 6.07) is -0.614. The average molecular weight is 580 g/mol. The molecule has 244 valence electrons. The zero-order valence-corrected chi connectivity index (χ0v) is 27.8. The topological polar surface area (TPSA) is 69.6 Å². The number of aliphatic hydroxyl groups is 2. The van der Waals surface area contributed by atoms with Crippen molar-refractivity contribution in [3.8, 4) is 0 Å². The number of hydrogen-bond donors (Lipinski definition) is 3. The number of carbonyl (C=O) groups excluding carboxylic acids is 1. The van der Waals surface area contributed by atoms with Gasteiger partial charge >= 0.3 is 0 Å². The van der Waals surface area contributed by atoms with Crippen LogP contribution < -0.4 is 5.32 Å². The SMILES string of the molecule is CCCCCCCCCCCCCCC=CC(O)C(CO)NC(=O)CCCCCCCCCCCCCCCCC. The first-order valence-corrected chi connectivity index (χ1v) is 18.4. The van der Waals surface area contributed by atoms with Gasteiger partial charge in [0.2, 0.25) is 5.91 Å². The maximum absolute atomic E-state index is 12.3. The van der Waals surface area contributed by atoms with Crippen molar-refractivity contribution >= 4 is 5.91 Å². The highest BCUT2D eigenvalue weighted by atomic mass is 16.3. The Balaban J connectivity index is 3.59. The Kier molecular flexibility index (Phi) is 32.9. The second kappa shape index (κ2) is 33.6. The quantitative estimate of drug-likeness (QED) is 0.0535. The number of unbranched alkanes of at least 4 members (excludes halogenated alkanes) is 26. The van der Waals surface area contributed by atoms with E-state index in [1.54, 1.807) is 6.08 Å². The number of allylic oxidation sites excluding steroid dienone is 1. The molecular weight excluding hydrogens is 506 g/mol. The molecule has 0 spiro atoms. The molecule has 1 amide bonds. The van der Waals surface area contributed by atoms with Crippen LogP contribution >= 0.6 is 0 Å². The first-order chi connectivity index (χ1) is 20.2. The van der Waals surface area contributed by atoms with Gasteiger partial charge in [0.1, 0.15) is 0 Å². The monoisotopic (exact) mass is 580 g/mol. The van der Waals surface area contributed by atoms with Crippen molar-refractivity contribution in [1.29, 1.82) is 0 Å². The number of carbonyl (C=O) groups is 1. The minimum atomic E-state index is -0.831. The van der Waals surface area contributed by atoms with Gasteiger partial charge in [-0.2, -0.15) is 0 Å². The van der Waals surface area contributed by atoms with Crippen LogP contribution in [0.2, 0.25) is 0 Å².